The van der Waals surface area contributed by atoms with Crippen molar-refractivity contribution in [1.82, 2.24) is 0 Å². The van der Waals surface area contributed by atoms with Crippen molar-refractivity contribution < 1.29 is 17.9 Å². The molecule has 0 saturated heterocycles. The van der Waals surface area contributed by atoms with Crippen LogP contribution in [0.2, 0.25) is 0 Å². The van der Waals surface area contributed by atoms with Crippen molar-refractivity contribution in [2.75, 3.05) is 0 Å². The van der Waals surface area contributed by atoms with E-state index in [4.69, 9.17) is 9.47 Å². The summed E-state index contributed by atoms with van der Waals surface area (Å²) < 4.78 is 37.5. The first-order valence-corrected chi connectivity index (χ1v) is 16.2. The summed E-state index contributed by atoms with van der Waals surface area (Å²) in [6.07, 6.45) is 0.0254. The fourth-order valence-electron chi connectivity index (χ4n) is 3.70. The molecule has 0 N–H and O–H groups in total. The lowest BCUT2D eigenvalue weighted by atomic mass is 9.99. The third-order valence-electron chi connectivity index (χ3n) is 5.64. The molecule has 0 aliphatic heterocycles. The molecule has 0 saturated carbocycles. The van der Waals surface area contributed by atoms with E-state index in [1.807, 2.05) is 79.7 Å². The highest BCUT2D eigenvalue weighted by atomic mass is 32.2. The topological polar surface area (TPSA) is 52.6 Å². The Kier molecular flexibility index (Phi) is 15.6. The van der Waals surface area contributed by atoms with Crippen LogP contribution in [0.5, 0.6) is 17.2 Å². The second kappa shape index (κ2) is 18.0. The first-order chi connectivity index (χ1) is 19.7. The van der Waals surface area contributed by atoms with Crippen LogP contribution in [0.3, 0.4) is 0 Å². The van der Waals surface area contributed by atoms with E-state index in [1.165, 1.54) is 5.56 Å². The van der Waals surface area contributed by atoms with Crippen molar-refractivity contribution in [3.05, 3.63) is 103 Å². The minimum absolute atomic E-state index is 0.0254. The summed E-state index contributed by atoms with van der Waals surface area (Å²) in [5.74, 6) is 2.40. The number of rotatable bonds is 8. The van der Waals surface area contributed by atoms with E-state index >= 15 is 0 Å². The highest BCUT2D eigenvalue weighted by Gasteiger charge is 2.18. The summed E-state index contributed by atoms with van der Waals surface area (Å²) in [5.41, 5.74) is 3.58. The van der Waals surface area contributed by atoms with Crippen LogP contribution in [0.15, 0.2) is 107 Å². The van der Waals surface area contributed by atoms with Crippen LogP contribution >= 0.6 is 0 Å². The van der Waals surface area contributed by atoms with Gasteiger partial charge in [-0.3, -0.25) is 0 Å². The van der Waals surface area contributed by atoms with E-state index in [-0.39, 0.29) is 15.9 Å². The molecule has 222 valence electrons. The van der Waals surface area contributed by atoms with Crippen LogP contribution in [-0.4, -0.2) is 14.5 Å². The van der Waals surface area contributed by atoms with Crippen molar-refractivity contribution in [1.29, 1.82) is 0 Å². The molecule has 4 nitrogen and oxygen atoms in total. The maximum atomic E-state index is 13.0. The first-order valence-electron chi connectivity index (χ1n) is 14.7. The van der Waals surface area contributed by atoms with Gasteiger partial charge in [-0.05, 0) is 97.1 Å². The van der Waals surface area contributed by atoms with Gasteiger partial charge in [0, 0.05) is 0 Å². The number of hydrogen-bond acceptors (Lipinski definition) is 4. The van der Waals surface area contributed by atoms with E-state index in [1.54, 1.807) is 48.5 Å². The number of ether oxygens (including phenoxy) is 2. The summed E-state index contributed by atoms with van der Waals surface area (Å²) in [7, 11) is -3.63. The van der Waals surface area contributed by atoms with E-state index in [0.717, 1.165) is 11.1 Å². The van der Waals surface area contributed by atoms with E-state index in [2.05, 4.69) is 38.1 Å². The van der Waals surface area contributed by atoms with Crippen molar-refractivity contribution >= 4 is 9.84 Å². The Morgan fingerprint density at radius 2 is 0.829 bits per heavy atom. The van der Waals surface area contributed by atoms with Gasteiger partial charge in [0.25, 0.3) is 0 Å². The third-order valence-corrected chi connectivity index (χ3v) is 7.43. The van der Waals surface area contributed by atoms with Gasteiger partial charge in [0.15, 0.2) is 0 Å². The molecule has 0 aliphatic rings. The average Bonchev–Trinajstić information content (AvgIpc) is 3.01. The molecule has 41 heavy (non-hydrogen) atoms. The fraction of sp³-hybridized carbons (Fsp3) is 0.333. The van der Waals surface area contributed by atoms with Gasteiger partial charge in [0.05, 0.1) is 15.9 Å². The van der Waals surface area contributed by atoms with Crippen molar-refractivity contribution in [3.63, 3.8) is 0 Å². The Labute approximate surface area is 249 Å². The molecule has 0 unspecified atom stereocenters. The lowest BCUT2D eigenvalue weighted by molar-refractivity contribution is 0.242. The predicted octanol–water partition coefficient (Wildman–Crippen LogP) is 11.0. The van der Waals surface area contributed by atoms with Crippen molar-refractivity contribution in [2.45, 2.75) is 91.1 Å². The predicted molar refractivity (Wildman–Crippen MR) is 174 cm³/mol. The molecule has 4 aromatic carbocycles. The summed E-state index contributed by atoms with van der Waals surface area (Å²) in [6, 6.07) is 29.4. The molecular weight excluding hydrogens is 528 g/mol. The second-order valence-electron chi connectivity index (χ2n) is 9.02. The maximum Gasteiger partial charge on any atom is 0.206 e. The van der Waals surface area contributed by atoms with Gasteiger partial charge >= 0.3 is 0 Å². The maximum absolute atomic E-state index is 13.0. The number of benzene rings is 4. The normalized spacial score (nSPS) is 10.3. The van der Waals surface area contributed by atoms with Crippen LogP contribution < -0.4 is 9.47 Å². The van der Waals surface area contributed by atoms with Crippen molar-refractivity contribution in [2.24, 2.45) is 0 Å². The van der Waals surface area contributed by atoms with Gasteiger partial charge < -0.3 is 9.47 Å². The van der Waals surface area contributed by atoms with Crippen LogP contribution in [0.1, 0.15) is 80.7 Å². The van der Waals surface area contributed by atoms with E-state index in [0.29, 0.717) is 23.2 Å². The molecule has 5 heteroatoms. The molecule has 0 bridgehead atoms. The molecule has 0 fully saturated rings. The zero-order chi connectivity index (χ0) is 31.0. The SMILES string of the molecule is CC.CC.CC.CC(C)Oc1ccc(S(=O)(=O)c2ccc(Oc3ccc(-c4ccc(C(C)C)cc4)cc3)cc2)cc1. The Hall–Kier alpha value is -3.57. The van der Waals surface area contributed by atoms with Gasteiger partial charge in [-0.1, -0.05) is 91.8 Å². The average molecular weight is 577 g/mol. The Balaban J connectivity index is 0.00000131. The monoisotopic (exact) mass is 576 g/mol. The molecule has 0 aliphatic carbocycles. The number of sulfone groups is 1. The molecule has 0 amide bonds. The second-order valence-corrected chi connectivity index (χ2v) is 11.0. The fourth-order valence-corrected chi connectivity index (χ4v) is 4.97. The highest BCUT2D eigenvalue weighted by molar-refractivity contribution is 7.91. The van der Waals surface area contributed by atoms with Crippen LogP contribution in [-0.2, 0) is 9.84 Å². The minimum Gasteiger partial charge on any atom is -0.491 e. The Bertz CT molecular complexity index is 1350. The Morgan fingerprint density at radius 1 is 0.488 bits per heavy atom. The van der Waals surface area contributed by atoms with E-state index in [9.17, 15) is 8.42 Å². The summed E-state index contributed by atoms with van der Waals surface area (Å²) >= 11 is 0. The zero-order valence-corrected chi connectivity index (χ0v) is 27.3. The zero-order valence-electron chi connectivity index (χ0n) is 26.4. The summed E-state index contributed by atoms with van der Waals surface area (Å²) in [4.78, 5) is 0.432. The standard InChI is InChI=1S/C30H30O4S.3C2H6/c1-21(2)23-5-7-24(8-6-23)25-9-11-27(12-10-25)34-28-15-19-30(20-16-28)35(31,32)29-17-13-26(14-18-29)33-22(3)4;3*1-2/h5-22H,1-4H3;3*1-2H3. The Morgan fingerprint density at radius 3 is 1.20 bits per heavy atom. The molecule has 4 rings (SSSR count). The molecule has 0 atom stereocenters. The molecule has 0 radical (unpaired) electrons. The molecule has 0 heterocycles. The minimum atomic E-state index is -3.63. The lowest BCUT2D eigenvalue weighted by Gasteiger charge is -2.11. The summed E-state index contributed by atoms with van der Waals surface area (Å²) in [5, 5.41) is 0. The smallest absolute Gasteiger partial charge is 0.206 e. The first kappa shape index (κ1) is 35.5. The van der Waals surface area contributed by atoms with Gasteiger partial charge in [0.2, 0.25) is 9.84 Å². The molecule has 0 aromatic heterocycles. The summed E-state index contributed by atoms with van der Waals surface area (Å²) in [6.45, 7) is 20.2. The molecule has 4 aromatic rings. The van der Waals surface area contributed by atoms with Gasteiger partial charge in [-0.2, -0.15) is 0 Å². The van der Waals surface area contributed by atoms with Gasteiger partial charge in [0.1, 0.15) is 17.2 Å². The third kappa shape index (κ3) is 10.4. The van der Waals surface area contributed by atoms with E-state index < -0.39 is 9.84 Å². The van der Waals surface area contributed by atoms with Crippen LogP contribution in [0.25, 0.3) is 11.1 Å². The lowest BCUT2D eigenvalue weighted by Crippen LogP contribution is -2.06. The van der Waals surface area contributed by atoms with Crippen LogP contribution in [0, 0.1) is 0 Å². The molecular formula is C36H48O4S. The van der Waals surface area contributed by atoms with Crippen LogP contribution in [0.4, 0.5) is 0 Å². The highest BCUT2D eigenvalue weighted by Crippen LogP contribution is 2.29. The van der Waals surface area contributed by atoms with Gasteiger partial charge in [-0.25, -0.2) is 8.42 Å². The quantitative estimate of drug-likeness (QED) is 0.209. The van der Waals surface area contributed by atoms with Crippen molar-refractivity contribution in [3.8, 4) is 28.4 Å². The molecule has 0 spiro atoms. The number of hydrogen-bond donors (Lipinski definition) is 0. The van der Waals surface area contributed by atoms with Gasteiger partial charge in [-0.15, -0.1) is 0 Å². The largest absolute Gasteiger partial charge is 0.491 e.